The first-order valence-electron chi connectivity index (χ1n) is 12.7. The van der Waals surface area contributed by atoms with Gasteiger partial charge in [0.25, 0.3) is 0 Å². The summed E-state index contributed by atoms with van der Waals surface area (Å²) in [5.74, 6) is 1.55. The number of fused-ring (bicyclic) bond motifs is 1. The second kappa shape index (κ2) is 10.3. The van der Waals surface area contributed by atoms with E-state index in [-0.39, 0.29) is 11.8 Å². The van der Waals surface area contributed by atoms with Gasteiger partial charge in [0.2, 0.25) is 11.9 Å². The van der Waals surface area contributed by atoms with E-state index in [1.54, 1.807) is 0 Å². The zero-order chi connectivity index (χ0) is 24.2. The Labute approximate surface area is 207 Å². The summed E-state index contributed by atoms with van der Waals surface area (Å²) in [4.78, 5) is 20.3. The molecule has 3 aromatic carbocycles. The standard InChI is InChI=1S/C30H34N4O/c1-22-10-6-7-13-26(22)21-34-28-15-9-8-14-27(28)32-30(34)33-18-16-25(17-19-33)29(35)31-20-23(2)24-11-4-3-5-12-24/h3-15,23,25H,16-21H2,1-2H3,(H,31,35). The average molecular weight is 467 g/mol. The van der Waals surface area contributed by atoms with Crippen LogP contribution >= 0.6 is 0 Å². The molecule has 1 atom stereocenters. The molecule has 0 radical (unpaired) electrons. The lowest BCUT2D eigenvalue weighted by molar-refractivity contribution is -0.125. The van der Waals surface area contributed by atoms with Gasteiger partial charge in [-0.15, -0.1) is 0 Å². The first kappa shape index (κ1) is 23.2. The van der Waals surface area contributed by atoms with Gasteiger partial charge in [-0.1, -0.05) is 73.7 Å². The van der Waals surface area contributed by atoms with Crippen molar-refractivity contribution in [3.05, 3.63) is 95.6 Å². The van der Waals surface area contributed by atoms with E-state index >= 15 is 0 Å². The first-order valence-corrected chi connectivity index (χ1v) is 12.7. The van der Waals surface area contributed by atoms with Crippen LogP contribution in [-0.4, -0.2) is 35.1 Å². The Balaban J connectivity index is 1.26. The number of para-hydroxylation sites is 2. The quantitative estimate of drug-likeness (QED) is 0.390. The molecular formula is C30H34N4O. The largest absolute Gasteiger partial charge is 0.355 e. The Kier molecular flexibility index (Phi) is 6.84. The van der Waals surface area contributed by atoms with Crippen LogP contribution in [0.4, 0.5) is 5.95 Å². The summed E-state index contributed by atoms with van der Waals surface area (Å²) in [6, 6.07) is 27.3. The maximum absolute atomic E-state index is 12.9. The lowest BCUT2D eigenvalue weighted by Gasteiger charge is -2.32. The molecule has 0 bridgehead atoms. The van der Waals surface area contributed by atoms with Crippen molar-refractivity contribution < 1.29 is 4.79 Å². The van der Waals surface area contributed by atoms with Gasteiger partial charge >= 0.3 is 0 Å². The maximum Gasteiger partial charge on any atom is 0.223 e. The minimum atomic E-state index is 0.0587. The molecule has 1 aliphatic heterocycles. The number of anilines is 1. The number of hydrogen-bond donors (Lipinski definition) is 1. The van der Waals surface area contributed by atoms with Crippen LogP contribution in [0.2, 0.25) is 0 Å². The molecule has 180 valence electrons. The van der Waals surface area contributed by atoms with Crippen LogP contribution in [0.3, 0.4) is 0 Å². The summed E-state index contributed by atoms with van der Waals surface area (Å²) >= 11 is 0. The number of piperidine rings is 1. The molecule has 4 aromatic rings. The monoisotopic (exact) mass is 466 g/mol. The first-order chi connectivity index (χ1) is 17.1. The normalized spacial score (nSPS) is 15.3. The summed E-state index contributed by atoms with van der Waals surface area (Å²) < 4.78 is 2.33. The lowest BCUT2D eigenvalue weighted by Crippen LogP contribution is -2.42. The van der Waals surface area contributed by atoms with Gasteiger partial charge in [0, 0.05) is 25.6 Å². The Bertz CT molecular complexity index is 1290. The van der Waals surface area contributed by atoms with E-state index in [4.69, 9.17) is 4.98 Å². The van der Waals surface area contributed by atoms with E-state index in [1.165, 1.54) is 16.7 Å². The fourth-order valence-electron chi connectivity index (χ4n) is 5.06. The Hall–Kier alpha value is -3.60. The third kappa shape index (κ3) is 5.09. The van der Waals surface area contributed by atoms with Gasteiger partial charge in [-0.2, -0.15) is 0 Å². The van der Waals surface area contributed by atoms with Crippen molar-refractivity contribution in [2.24, 2.45) is 5.92 Å². The third-order valence-electron chi connectivity index (χ3n) is 7.32. The molecular weight excluding hydrogens is 432 g/mol. The smallest absolute Gasteiger partial charge is 0.223 e. The Morgan fingerprint density at radius 2 is 1.66 bits per heavy atom. The second-order valence-electron chi connectivity index (χ2n) is 9.73. The lowest BCUT2D eigenvalue weighted by atomic mass is 9.95. The van der Waals surface area contributed by atoms with Crippen molar-refractivity contribution in [2.45, 2.75) is 39.2 Å². The Morgan fingerprint density at radius 1 is 0.971 bits per heavy atom. The van der Waals surface area contributed by atoms with Crippen molar-refractivity contribution in [3.8, 4) is 0 Å². The molecule has 1 amide bonds. The highest BCUT2D eigenvalue weighted by atomic mass is 16.1. The van der Waals surface area contributed by atoms with Gasteiger partial charge in [-0.3, -0.25) is 4.79 Å². The van der Waals surface area contributed by atoms with E-state index in [1.807, 2.05) is 12.1 Å². The summed E-state index contributed by atoms with van der Waals surface area (Å²) in [6.45, 7) is 7.47. The fourth-order valence-corrected chi connectivity index (χ4v) is 5.06. The average Bonchev–Trinajstić information content (AvgIpc) is 3.27. The van der Waals surface area contributed by atoms with E-state index in [0.29, 0.717) is 12.5 Å². The number of amides is 1. The van der Waals surface area contributed by atoms with E-state index < -0.39 is 0 Å². The second-order valence-corrected chi connectivity index (χ2v) is 9.73. The molecule has 5 heteroatoms. The number of hydrogen-bond acceptors (Lipinski definition) is 3. The molecule has 1 fully saturated rings. The number of aryl methyl sites for hydroxylation is 1. The van der Waals surface area contributed by atoms with Crippen LogP contribution in [-0.2, 0) is 11.3 Å². The number of nitrogens with one attached hydrogen (secondary N) is 1. The molecule has 1 aliphatic rings. The predicted molar refractivity (Wildman–Crippen MR) is 143 cm³/mol. The topological polar surface area (TPSA) is 50.2 Å². The van der Waals surface area contributed by atoms with Crippen LogP contribution in [0, 0.1) is 12.8 Å². The summed E-state index contributed by atoms with van der Waals surface area (Å²) in [5.41, 5.74) is 6.02. The highest BCUT2D eigenvalue weighted by Crippen LogP contribution is 2.28. The highest BCUT2D eigenvalue weighted by Gasteiger charge is 2.28. The van der Waals surface area contributed by atoms with Crippen molar-refractivity contribution >= 4 is 22.9 Å². The van der Waals surface area contributed by atoms with Gasteiger partial charge in [0.05, 0.1) is 17.6 Å². The van der Waals surface area contributed by atoms with Gasteiger partial charge in [-0.25, -0.2) is 4.98 Å². The van der Waals surface area contributed by atoms with E-state index in [2.05, 4.69) is 95.4 Å². The molecule has 1 unspecified atom stereocenters. The minimum absolute atomic E-state index is 0.0587. The number of imidazole rings is 1. The number of benzene rings is 3. The SMILES string of the molecule is Cc1ccccc1Cn1c(N2CCC(C(=O)NCC(C)c3ccccc3)CC2)nc2ccccc21. The van der Waals surface area contributed by atoms with Crippen LogP contribution in [0.25, 0.3) is 11.0 Å². The predicted octanol–water partition coefficient (Wildman–Crippen LogP) is 5.53. The van der Waals surface area contributed by atoms with Crippen LogP contribution in [0.5, 0.6) is 0 Å². The minimum Gasteiger partial charge on any atom is -0.355 e. The molecule has 1 saturated heterocycles. The zero-order valence-electron chi connectivity index (χ0n) is 20.7. The molecule has 1 N–H and O–H groups in total. The molecule has 35 heavy (non-hydrogen) atoms. The number of nitrogens with zero attached hydrogens (tertiary/aromatic N) is 3. The number of carbonyl (C=O) groups excluding carboxylic acids is 1. The summed E-state index contributed by atoms with van der Waals surface area (Å²) in [7, 11) is 0. The maximum atomic E-state index is 12.9. The van der Waals surface area contributed by atoms with Gasteiger partial charge in [0.1, 0.15) is 0 Å². The molecule has 0 saturated carbocycles. The van der Waals surface area contributed by atoms with Gasteiger partial charge < -0.3 is 14.8 Å². The van der Waals surface area contributed by atoms with Crippen molar-refractivity contribution in [1.82, 2.24) is 14.9 Å². The summed E-state index contributed by atoms with van der Waals surface area (Å²) in [5, 5.41) is 3.20. The molecule has 5 nitrogen and oxygen atoms in total. The fraction of sp³-hybridized carbons (Fsp3) is 0.333. The molecule has 0 spiro atoms. The molecule has 2 heterocycles. The van der Waals surface area contributed by atoms with Crippen molar-refractivity contribution in [2.75, 3.05) is 24.5 Å². The van der Waals surface area contributed by atoms with Gasteiger partial charge in [-0.05, 0) is 54.5 Å². The number of carbonyl (C=O) groups is 1. The zero-order valence-corrected chi connectivity index (χ0v) is 20.7. The van der Waals surface area contributed by atoms with Gasteiger partial charge in [0.15, 0.2) is 0 Å². The van der Waals surface area contributed by atoms with E-state index in [0.717, 1.165) is 49.5 Å². The third-order valence-corrected chi connectivity index (χ3v) is 7.32. The molecule has 1 aromatic heterocycles. The van der Waals surface area contributed by atoms with Crippen molar-refractivity contribution in [1.29, 1.82) is 0 Å². The summed E-state index contributed by atoms with van der Waals surface area (Å²) in [6.07, 6.45) is 1.69. The molecule has 0 aliphatic carbocycles. The Morgan fingerprint density at radius 3 is 2.43 bits per heavy atom. The highest BCUT2D eigenvalue weighted by molar-refractivity contribution is 5.80. The van der Waals surface area contributed by atoms with Crippen LogP contribution < -0.4 is 10.2 Å². The molecule has 5 rings (SSSR count). The van der Waals surface area contributed by atoms with Crippen molar-refractivity contribution in [3.63, 3.8) is 0 Å². The van der Waals surface area contributed by atoms with Crippen LogP contribution in [0.1, 0.15) is 42.4 Å². The van der Waals surface area contributed by atoms with Crippen LogP contribution in [0.15, 0.2) is 78.9 Å². The van der Waals surface area contributed by atoms with E-state index in [9.17, 15) is 4.79 Å². The number of aromatic nitrogens is 2. The number of rotatable bonds is 7.